The van der Waals surface area contributed by atoms with Gasteiger partial charge in [-0.15, -0.1) is 0 Å². The minimum atomic E-state index is -0.402. The van der Waals surface area contributed by atoms with Crippen LogP contribution in [-0.2, 0) is 0 Å². The molecule has 0 heterocycles. The minimum Gasteiger partial charge on any atom is -0.311 e. The summed E-state index contributed by atoms with van der Waals surface area (Å²) >= 11 is 0. The average Bonchev–Trinajstić information content (AvgIpc) is 3.44. The standard InChI is InChI=1S/C64H43N/c1-2-15-51(16-3-1)64-59-21-9-5-14-47(59)35-42-60(64)49-31-38-54(39-32-49)65(55-40-33-50(34-41-55)63-43-52-17-6-8-20-58(52)61-22-10-11-23-62(61)63)53-36-29-45(30-37-53)44-25-27-48(28-26-44)57-24-12-18-46-13-4-7-19-56(46)57/h1-43H/i29D,30D,33D,34D,36D,37D,40D,41D. The van der Waals surface area contributed by atoms with E-state index < -0.39 is 24.2 Å². The van der Waals surface area contributed by atoms with Gasteiger partial charge in [0.2, 0.25) is 0 Å². The van der Waals surface area contributed by atoms with E-state index in [1.807, 2.05) is 140 Å². The van der Waals surface area contributed by atoms with Crippen LogP contribution in [0.4, 0.5) is 17.1 Å². The summed E-state index contributed by atoms with van der Waals surface area (Å²) in [5.41, 5.74) is 7.00. The van der Waals surface area contributed by atoms with Gasteiger partial charge in [-0.05, 0) is 141 Å². The lowest BCUT2D eigenvalue weighted by molar-refractivity contribution is 1.28. The molecule has 0 saturated carbocycles. The van der Waals surface area contributed by atoms with Crippen molar-refractivity contribution in [3.05, 3.63) is 261 Å². The zero-order chi connectivity index (χ0) is 50.1. The van der Waals surface area contributed by atoms with Crippen LogP contribution in [0.5, 0.6) is 0 Å². The molecule has 0 atom stereocenters. The molecular formula is C64H43N. The predicted octanol–water partition coefficient (Wildman–Crippen LogP) is 18.1. The number of hydrogen-bond acceptors (Lipinski definition) is 1. The molecule has 0 N–H and O–H groups in total. The highest BCUT2D eigenvalue weighted by Crippen LogP contribution is 2.42. The molecule has 304 valence electrons. The Bertz CT molecular complexity index is 4110. The molecule has 0 unspecified atom stereocenters. The Hall–Kier alpha value is -8.52. The fourth-order valence-corrected chi connectivity index (χ4v) is 9.26. The highest BCUT2D eigenvalue weighted by molar-refractivity contribution is 6.14. The van der Waals surface area contributed by atoms with Gasteiger partial charge < -0.3 is 4.90 Å². The molecule has 0 radical (unpaired) electrons. The zero-order valence-electron chi connectivity index (χ0n) is 43.2. The van der Waals surface area contributed by atoms with Crippen LogP contribution in [0.3, 0.4) is 0 Å². The first-order valence-electron chi connectivity index (χ1n) is 25.8. The Morgan fingerprint density at radius 2 is 0.754 bits per heavy atom. The van der Waals surface area contributed by atoms with Gasteiger partial charge in [0, 0.05) is 17.1 Å². The first-order valence-corrected chi connectivity index (χ1v) is 21.8. The molecule has 0 aliphatic carbocycles. The van der Waals surface area contributed by atoms with E-state index in [9.17, 15) is 11.0 Å². The van der Waals surface area contributed by atoms with Crippen LogP contribution >= 0.6 is 0 Å². The van der Waals surface area contributed by atoms with E-state index in [1.165, 1.54) is 4.90 Å². The third-order valence-electron chi connectivity index (χ3n) is 12.4. The quantitative estimate of drug-likeness (QED) is 0.138. The fraction of sp³-hybridized carbons (Fsp3) is 0. The van der Waals surface area contributed by atoms with Gasteiger partial charge in [-0.2, -0.15) is 0 Å². The van der Waals surface area contributed by atoms with Gasteiger partial charge in [-0.3, -0.25) is 0 Å². The van der Waals surface area contributed by atoms with Gasteiger partial charge in [-0.1, -0.05) is 218 Å². The van der Waals surface area contributed by atoms with Gasteiger partial charge in [0.1, 0.15) is 0 Å². The molecule has 0 spiro atoms. The summed E-state index contributed by atoms with van der Waals surface area (Å²) in [5.74, 6) is 0. The van der Waals surface area contributed by atoms with Crippen LogP contribution < -0.4 is 4.90 Å². The average molecular weight is 834 g/mol. The SMILES string of the molecule is [2H]c1c([2H])c(N(c2ccc(-c3ccc4ccccc4c3-c3ccccc3)cc2)c2c([2H])c([2H])c(-c3cc4ccccc4c4ccccc34)c([2H])c2[2H])c([2H])c([2H])c1-c1ccc(-c2cccc3ccccc23)cc1. The van der Waals surface area contributed by atoms with Crippen molar-refractivity contribution in [1.29, 1.82) is 0 Å². The zero-order valence-corrected chi connectivity index (χ0v) is 35.2. The normalized spacial score (nSPS) is 13.1. The van der Waals surface area contributed by atoms with Crippen LogP contribution in [0.2, 0.25) is 0 Å². The smallest absolute Gasteiger partial charge is 0.0645 e. The Balaban J connectivity index is 1.05. The maximum atomic E-state index is 9.82. The van der Waals surface area contributed by atoms with Gasteiger partial charge in [-0.25, -0.2) is 0 Å². The van der Waals surface area contributed by atoms with Crippen LogP contribution in [-0.4, -0.2) is 0 Å². The van der Waals surface area contributed by atoms with E-state index in [4.69, 9.17) is 0 Å². The lowest BCUT2D eigenvalue weighted by Crippen LogP contribution is -2.09. The summed E-state index contributed by atoms with van der Waals surface area (Å²) in [6, 6.07) is 66.4. The first-order chi connectivity index (χ1) is 35.6. The molecule has 0 aliphatic rings. The molecule has 1 nitrogen and oxygen atoms in total. The summed E-state index contributed by atoms with van der Waals surface area (Å²) in [6.07, 6.45) is 0. The lowest BCUT2D eigenvalue weighted by Gasteiger charge is -2.26. The molecule has 1 heteroatoms. The Morgan fingerprint density at radius 3 is 1.46 bits per heavy atom. The highest BCUT2D eigenvalue weighted by atomic mass is 15.1. The molecular weight excluding hydrogens is 783 g/mol. The monoisotopic (exact) mass is 833 g/mol. The lowest BCUT2D eigenvalue weighted by atomic mass is 9.90. The topological polar surface area (TPSA) is 3.24 Å². The number of anilines is 3. The molecule has 0 saturated heterocycles. The van der Waals surface area contributed by atoms with Gasteiger partial charge in [0.15, 0.2) is 0 Å². The van der Waals surface area contributed by atoms with E-state index >= 15 is 0 Å². The van der Waals surface area contributed by atoms with Crippen molar-refractivity contribution in [3.8, 4) is 55.6 Å². The van der Waals surface area contributed by atoms with Crippen molar-refractivity contribution in [2.24, 2.45) is 0 Å². The molecule has 0 bridgehead atoms. The van der Waals surface area contributed by atoms with Crippen molar-refractivity contribution in [2.75, 3.05) is 4.90 Å². The molecule has 12 aromatic carbocycles. The second kappa shape index (κ2) is 16.3. The third-order valence-corrected chi connectivity index (χ3v) is 12.4. The number of benzene rings is 12. The van der Waals surface area contributed by atoms with Crippen LogP contribution in [0, 0.1) is 0 Å². The van der Waals surface area contributed by atoms with Crippen molar-refractivity contribution in [3.63, 3.8) is 0 Å². The molecule has 0 aliphatic heterocycles. The largest absolute Gasteiger partial charge is 0.311 e. The predicted molar refractivity (Wildman–Crippen MR) is 278 cm³/mol. The van der Waals surface area contributed by atoms with E-state index in [0.717, 1.165) is 76.5 Å². The van der Waals surface area contributed by atoms with Crippen molar-refractivity contribution in [2.45, 2.75) is 0 Å². The fourth-order valence-electron chi connectivity index (χ4n) is 9.26. The molecule has 12 rings (SSSR count). The van der Waals surface area contributed by atoms with E-state index in [0.29, 0.717) is 16.8 Å². The Kier molecular flexibility index (Phi) is 7.66. The van der Waals surface area contributed by atoms with Crippen LogP contribution in [0.1, 0.15) is 11.0 Å². The van der Waals surface area contributed by atoms with Crippen LogP contribution in [0.25, 0.3) is 98.7 Å². The Labute approximate surface area is 391 Å². The maximum absolute atomic E-state index is 9.82. The van der Waals surface area contributed by atoms with Gasteiger partial charge in [0.05, 0.1) is 11.0 Å². The highest BCUT2D eigenvalue weighted by Gasteiger charge is 2.17. The van der Waals surface area contributed by atoms with Gasteiger partial charge >= 0.3 is 0 Å². The minimum absolute atomic E-state index is 0.0985. The van der Waals surface area contributed by atoms with Crippen molar-refractivity contribution < 1.29 is 11.0 Å². The second-order valence-electron chi connectivity index (χ2n) is 16.2. The summed E-state index contributed by atoms with van der Waals surface area (Å²) in [6.45, 7) is 0. The number of rotatable bonds is 8. The molecule has 12 aromatic rings. The number of hydrogen-bond donors (Lipinski definition) is 0. The van der Waals surface area contributed by atoms with E-state index in [-0.39, 0.29) is 46.7 Å². The number of nitrogens with zero attached hydrogens (tertiary/aromatic N) is 1. The summed E-state index contributed by atoms with van der Waals surface area (Å²) < 4.78 is 77.7. The van der Waals surface area contributed by atoms with Gasteiger partial charge in [0.25, 0.3) is 0 Å². The molecule has 0 aromatic heterocycles. The maximum Gasteiger partial charge on any atom is 0.0645 e. The van der Waals surface area contributed by atoms with Crippen LogP contribution in [0.15, 0.2) is 261 Å². The second-order valence-corrected chi connectivity index (χ2v) is 16.2. The Morgan fingerprint density at radius 1 is 0.246 bits per heavy atom. The number of fused-ring (bicyclic) bond motifs is 5. The molecule has 0 amide bonds. The molecule has 0 fully saturated rings. The van der Waals surface area contributed by atoms with E-state index in [2.05, 4.69) is 60.7 Å². The first kappa shape index (κ1) is 30.5. The molecule has 65 heavy (non-hydrogen) atoms. The van der Waals surface area contributed by atoms with Crippen molar-refractivity contribution in [1.82, 2.24) is 0 Å². The third kappa shape index (κ3) is 7.01. The summed E-state index contributed by atoms with van der Waals surface area (Å²) in [4.78, 5) is 1.37. The summed E-state index contributed by atoms with van der Waals surface area (Å²) in [5, 5.41) is 7.90. The van der Waals surface area contributed by atoms with E-state index in [1.54, 1.807) is 12.1 Å². The van der Waals surface area contributed by atoms with Crippen molar-refractivity contribution >= 4 is 60.2 Å². The summed E-state index contributed by atoms with van der Waals surface area (Å²) in [7, 11) is 0.